The van der Waals surface area contributed by atoms with Gasteiger partial charge in [0.2, 0.25) is 0 Å². The predicted octanol–water partition coefficient (Wildman–Crippen LogP) is 3.81. The van der Waals surface area contributed by atoms with E-state index in [1.165, 1.54) is 0 Å². The fraction of sp³-hybridized carbons (Fsp3) is 0.600. The summed E-state index contributed by atoms with van der Waals surface area (Å²) >= 11 is 0. The van der Waals surface area contributed by atoms with Crippen LogP contribution in [0.5, 0.6) is 0 Å². The maximum absolute atomic E-state index is 12.7. The number of Topliss-reactive ketones (excluding diaryl/α,β-unsaturated/α-hetero) is 1. The first kappa shape index (κ1) is 18.7. The number of carboxylic acid groups (broad SMARTS) is 1. The molecule has 2 N–H and O–H groups in total. The van der Waals surface area contributed by atoms with Gasteiger partial charge < -0.3 is 10.2 Å². The van der Waals surface area contributed by atoms with Crippen molar-refractivity contribution in [3.63, 3.8) is 0 Å². The fourth-order valence-electron chi connectivity index (χ4n) is 4.15. The van der Waals surface area contributed by atoms with Crippen molar-refractivity contribution in [2.45, 2.75) is 65.4 Å². The second kappa shape index (κ2) is 6.67. The molecule has 2 aliphatic carbocycles. The molecule has 1 fully saturated rings. The molecule has 0 aromatic carbocycles. The number of carbonyl (C=O) groups excluding carboxylic acids is 1. The summed E-state index contributed by atoms with van der Waals surface area (Å²) in [6.45, 7) is 7.32. The molecule has 0 aromatic rings. The third kappa shape index (κ3) is 3.39. The van der Waals surface area contributed by atoms with Crippen LogP contribution in [0.15, 0.2) is 34.9 Å². The molecule has 1 unspecified atom stereocenters. The Kier molecular flexibility index (Phi) is 5.19. The average molecular weight is 332 g/mol. The molecule has 0 spiro atoms. The number of hydrogen-bond acceptors (Lipinski definition) is 3. The SMILES string of the molecule is CC1=C(C2CCCC2)C(=O)CC(C)(C)C1(O)/C=C/C(C)=C\C(=O)O. The quantitative estimate of drug-likeness (QED) is 0.606. The van der Waals surface area contributed by atoms with Gasteiger partial charge in [-0.2, -0.15) is 0 Å². The molecule has 0 amide bonds. The van der Waals surface area contributed by atoms with Crippen LogP contribution in [0.2, 0.25) is 0 Å². The molecule has 0 saturated heterocycles. The van der Waals surface area contributed by atoms with Crippen molar-refractivity contribution in [3.8, 4) is 0 Å². The molecule has 0 radical (unpaired) electrons. The maximum Gasteiger partial charge on any atom is 0.328 e. The van der Waals surface area contributed by atoms with Gasteiger partial charge in [-0.3, -0.25) is 4.79 Å². The van der Waals surface area contributed by atoms with E-state index in [-0.39, 0.29) is 11.7 Å². The molecule has 1 atom stereocenters. The lowest BCUT2D eigenvalue weighted by Crippen LogP contribution is -2.50. The van der Waals surface area contributed by atoms with Crippen LogP contribution < -0.4 is 0 Å². The number of aliphatic carboxylic acids is 1. The molecule has 2 rings (SSSR count). The van der Waals surface area contributed by atoms with E-state index in [1.54, 1.807) is 19.1 Å². The highest BCUT2D eigenvalue weighted by molar-refractivity contribution is 5.99. The minimum Gasteiger partial charge on any atom is -0.478 e. The van der Waals surface area contributed by atoms with Gasteiger partial charge in [0, 0.05) is 23.5 Å². The van der Waals surface area contributed by atoms with Gasteiger partial charge in [-0.25, -0.2) is 4.79 Å². The number of allylic oxidation sites excluding steroid dienone is 3. The normalized spacial score (nSPS) is 28.9. The van der Waals surface area contributed by atoms with Crippen molar-refractivity contribution in [2.24, 2.45) is 11.3 Å². The van der Waals surface area contributed by atoms with E-state index in [4.69, 9.17) is 5.11 Å². The molecule has 4 heteroatoms. The van der Waals surface area contributed by atoms with Crippen LogP contribution in [0.1, 0.15) is 59.8 Å². The minimum atomic E-state index is -1.24. The van der Waals surface area contributed by atoms with E-state index in [0.717, 1.165) is 42.9 Å². The summed E-state index contributed by atoms with van der Waals surface area (Å²) in [4.78, 5) is 23.5. The van der Waals surface area contributed by atoms with E-state index in [9.17, 15) is 14.7 Å². The monoisotopic (exact) mass is 332 g/mol. The molecule has 4 nitrogen and oxygen atoms in total. The predicted molar refractivity (Wildman–Crippen MR) is 93.5 cm³/mol. The second-order valence-corrected chi connectivity index (χ2v) is 7.83. The number of aliphatic hydroxyl groups is 1. The number of carboxylic acids is 1. The minimum absolute atomic E-state index is 0.153. The molecule has 1 saturated carbocycles. The zero-order chi connectivity index (χ0) is 18.1. The molecule has 0 heterocycles. The van der Waals surface area contributed by atoms with Crippen molar-refractivity contribution in [1.29, 1.82) is 0 Å². The molecular formula is C20H28O4. The van der Waals surface area contributed by atoms with Crippen molar-refractivity contribution >= 4 is 11.8 Å². The molecular weight excluding hydrogens is 304 g/mol. The van der Waals surface area contributed by atoms with Gasteiger partial charge in [0.05, 0.1) is 0 Å². The summed E-state index contributed by atoms with van der Waals surface area (Å²) in [5.41, 5.74) is 0.218. The smallest absolute Gasteiger partial charge is 0.328 e. The van der Waals surface area contributed by atoms with Gasteiger partial charge in [-0.1, -0.05) is 32.8 Å². The first-order valence-corrected chi connectivity index (χ1v) is 8.66. The highest BCUT2D eigenvalue weighted by Crippen LogP contribution is 2.49. The largest absolute Gasteiger partial charge is 0.478 e. The lowest BCUT2D eigenvalue weighted by atomic mass is 9.61. The first-order valence-electron chi connectivity index (χ1n) is 8.66. The number of carbonyl (C=O) groups is 2. The Labute approximate surface area is 144 Å². The van der Waals surface area contributed by atoms with Crippen LogP contribution >= 0.6 is 0 Å². The summed E-state index contributed by atoms with van der Waals surface area (Å²) < 4.78 is 0. The van der Waals surface area contributed by atoms with Crippen LogP contribution in [-0.2, 0) is 9.59 Å². The fourth-order valence-corrected chi connectivity index (χ4v) is 4.15. The number of rotatable bonds is 4. The van der Waals surface area contributed by atoms with Crippen LogP contribution in [0.3, 0.4) is 0 Å². The standard InChI is InChI=1S/C20H28O4/c1-13(11-17(22)23)9-10-20(24)14(2)18(15-7-5-6-8-15)16(21)12-19(20,3)4/h9-11,15,24H,5-8,12H2,1-4H3,(H,22,23)/b10-9+,13-11-. The van der Waals surface area contributed by atoms with Gasteiger partial charge in [0.25, 0.3) is 0 Å². The Morgan fingerprint density at radius 1 is 1.25 bits per heavy atom. The van der Waals surface area contributed by atoms with E-state index in [0.29, 0.717) is 12.0 Å². The number of hydrogen-bond donors (Lipinski definition) is 2. The van der Waals surface area contributed by atoms with E-state index in [1.807, 2.05) is 20.8 Å². The van der Waals surface area contributed by atoms with E-state index >= 15 is 0 Å². The highest BCUT2D eigenvalue weighted by Gasteiger charge is 2.50. The third-order valence-corrected chi connectivity index (χ3v) is 5.61. The van der Waals surface area contributed by atoms with Crippen LogP contribution in [-0.4, -0.2) is 27.6 Å². The van der Waals surface area contributed by atoms with Gasteiger partial charge >= 0.3 is 5.97 Å². The third-order valence-electron chi connectivity index (χ3n) is 5.61. The van der Waals surface area contributed by atoms with Gasteiger partial charge in [-0.15, -0.1) is 0 Å². The molecule has 2 aliphatic rings. The van der Waals surface area contributed by atoms with Crippen LogP contribution in [0, 0.1) is 11.3 Å². The second-order valence-electron chi connectivity index (χ2n) is 7.83. The summed E-state index contributed by atoms with van der Waals surface area (Å²) in [6.07, 6.45) is 9.00. The molecule has 24 heavy (non-hydrogen) atoms. The van der Waals surface area contributed by atoms with Gasteiger partial charge in [0.15, 0.2) is 5.78 Å². The van der Waals surface area contributed by atoms with Crippen molar-refractivity contribution < 1.29 is 19.8 Å². The summed E-state index contributed by atoms with van der Waals surface area (Å²) in [5, 5.41) is 20.3. The topological polar surface area (TPSA) is 74.6 Å². The molecule has 0 aliphatic heterocycles. The Bertz CT molecular complexity index is 630. The number of ketones is 1. The van der Waals surface area contributed by atoms with E-state index in [2.05, 4.69) is 0 Å². The molecule has 0 bridgehead atoms. The van der Waals surface area contributed by atoms with Gasteiger partial charge in [-0.05, 0) is 49.8 Å². The zero-order valence-corrected chi connectivity index (χ0v) is 15.1. The summed E-state index contributed by atoms with van der Waals surface area (Å²) in [5.74, 6) is -0.606. The Morgan fingerprint density at radius 3 is 2.38 bits per heavy atom. The molecule has 132 valence electrons. The Balaban J connectivity index is 2.48. The summed E-state index contributed by atoms with van der Waals surface area (Å²) in [7, 11) is 0. The van der Waals surface area contributed by atoms with Crippen LogP contribution in [0.4, 0.5) is 0 Å². The van der Waals surface area contributed by atoms with E-state index < -0.39 is 17.0 Å². The van der Waals surface area contributed by atoms with Gasteiger partial charge in [0.1, 0.15) is 5.60 Å². The first-order chi connectivity index (χ1) is 11.1. The molecule has 0 aromatic heterocycles. The maximum atomic E-state index is 12.7. The van der Waals surface area contributed by atoms with Crippen LogP contribution in [0.25, 0.3) is 0 Å². The Morgan fingerprint density at radius 2 is 1.83 bits per heavy atom. The Hall–Kier alpha value is -1.68. The van der Waals surface area contributed by atoms with Crippen molar-refractivity contribution in [1.82, 2.24) is 0 Å². The average Bonchev–Trinajstić information content (AvgIpc) is 2.96. The van der Waals surface area contributed by atoms with Crippen molar-refractivity contribution in [2.75, 3.05) is 0 Å². The highest BCUT2D eigenvalue weighted by atomic mass is 16.4. The lowest BCUT2D eigenvalue weighted by molar-refractivity contribution is -0.131. The van der Waals surface area contributed by atoms with Crippen molar-refractivity contribution in [3.05, 3.63) is 34.9 Å². The summed E-state index contributed by atoms with van der Waals surface area (Å²) in [6, 6.07) is 0. The lowest BCUT2D eigenvalue weighted by Gasteiger charge is -2.46. The zero-order valence-electron chi connectivity index (χ0n) is 15.1.